The van der Waals surface area contributed by atoms with E-state index in [1.165, 1.54) is 0 Å². The van der Waals surface area contributed by atoms with E-state index in [1.54, 1.807) is 16.7 Å². The van der Waals surface area contributed by atoms with Crippen LogP contribution in [0.1, 0.15) is 26.2 Å². The lowest BCUT2D eigenvalue weighted by Gasteiger charge is -2.33. The molecule has 2 amide bonds. The Balaban J connectivity index is 2.25. The highest BCUT2D eigenvalue weighted by molar-refractivity contribution is 8.01. The van der Waals surface area contributed by atoms with Gasteiger partial charge in [-0.2, -0.15) is 0 Å². The predicted octanol–water partition coefficient (Wildman–Crippen LogP) is 1.75. The Morgan fingerprint density at radius 1 is 1.45 bits per heavy atom. The molecule has 1 unspecified atom stereocenters. The molecular weight excluding hydrogens is 274 g/mol. The van der Waals surface area contributed by atoms with E-state index in [0.717, 1.165) is 17.0 Å². The van der Waals surface area contributed by atoms with Crippen LogP contribution in [-0.2, 0) is 9.59 Å². The molecule has 0 aromatic heterocycles. The molecule has 1 aromatic rings. The van der Waals surface area contributed by atoms with Crippen molar-refractivity contribution in [1.29, 1.82) is 0 Å². The standard InChI is InChI=1S/C14H19N3O2S/c1-2-11-14(19)17(7-3-4-13(16)18)10-8-9(15)5-6-12(10)20-11/h5-6,8,11H,2-4,7,15H2,1H3,(H2,16,18). The summed E-state index contributed by atoms with van der Waals surface area (Å²) in [6.07, 6.45) is 1.63. The van der Waals surface area contributed by atoms with Crippen molar-refractivity contribution in [1.82, 2.24) is 0 Å². The summed E-state index contributed by atoms with van der Waals surface area (Å²) in [6, 6.07) is 5.61. The number of benzene rings is 1. The van der Waals surface area contributed by atoms with Crippen molar-refractivity contribution in [2.75, 3.05) is 17.2 Å². The number of carbonyl (C=O) groups is 2. The number of anilines is 2. The first-order chi connectivity index (χ1) is 9.52. The number of rotatable bonds is 5. The molecule has 5 nitrogen and oxygen atoms in total. The smallest absolute Gasteiger partial charge is 0.240 e. The van der Waals surface area contributed by atoms with Crippen molar-refractivity contribution in [3.8, 4) is 0 Å². The summed E-state index contributed by atoms with van der Waals surface area (Å²) in [5.74, 6) is -0.260. The number of nitrogen functional groups attached to an aromatic ring is 1. The van der Waals surface area contributed by atoms with Crippen LogP contribution in [0.15, 0.2) is 23.1 Å². The monoisotopic (exact) mass is 293 g/mol. The van der Waals surface area contributed by atoms with E-state index in [1.807, 2.05) is 25.1 Å². The number of primary amides is 1. The maximum absolute atomic E-state index is 12.5. The number of carbonyl (C=O) groups excluding carboxylic acids is 2. The van der Waals surface area contributed by atoms with Gasteiger partial charge in [-0.3, -0.25) is 9.59 Å². The highest BCUT2D eigenvalue weighted by atomic mass is 32.2. The quantitative estimate of drug-likeness (QED) is 0.809. The Labute approximate surface area is 122 Å². The Kier molecular flexibility index (Phi) is 4.54. The number of hydrogen-bond acceptors (Lipinski definition) is 4. The van der Waals surface area contributed by atoms with E-state index >= 15 is 0 Å². The summed E-state index contributed by atoms with van der Waals surface area (Å²) < 4.78 is 0. The fraction of sp³-hybridized carbons (Fsp3) is 0.429. The van der Waals surface area contributed by atoms with Crippen LogP contribution >= 0.6 is 11.8 Å². The number of fused-ring (bicyclic) bond motifs is 1. The molecule has 1 heterocycles. The average molecular weight is 293 g/mol. The van der Waals surface area contributed by atoms with Crippen LogP contribution in [-0.4, -0.2) is 23.6 Å². The molecule has 0 saturated carbocycles. The maximum Gasteiger partial charge on any atom is 0.240 e. The van der Waals surface area contributed by atoms with Gasteiger partial charge in [0.05, 0.1) is 10.9 Å². The lowest BCUT2D eigenvalue weighted by Crippen LogP contribution is -2.41. The summed E-state index contributed by atoms with van der Waals surface area (Å²) in [6.45, 7) is 2.49. The highest BCUT2D eigenvalue weighted by Crippen LogP contribution is 2.41. The van der Waals surface area contributed by atoms with Gasteiger partial charge in [0.25, 0.3) is 0 Å². The zero-order chi connectivity index (χ0) is 14.7. The highest BCUT2D eigenvalue weighted by Gasteiger charge is 2.32. The minimum atomic E-state index is -0.344. The molecule has 6 heteroatoms. The Morgan fingerprint density at radius 2 is 2.20 bits per heavy atom. The Morgan fingerprint density at radius 3 is 2.85 bits per heavy atom. The third kappa shape index (κ3) is 3.07. The van der Waals surface area contributed by atoms with Crippen molar-refractivity contribution in [2.24, 2.45) is 5.73 Å². The van der Waals surface area contributed by atoms with Crippen LogP contribution in [0, 0.1) is 0 Å². The predicted molar refractivity (Wildman–Crippen MR) is 81.6 cm³/mol. The first-order valence-corrected chi connectivity index (χ1v) is 7.56. The molecule has 0 bridgehead atoms. The molecule has 4 N–H and O–H groups in total. The van der Waals surface area contributed by atoms with Gasteiger partial charge in [0.2, 0.25) is 11.8 Å². The van der Waals surface area contributed by atoms with Gasteiger partial charge >= 0.3 is 0 Å². The van der Waals surface area contributed by atoms with E-state index < -0.39 is 0 Å². The second-order valence-corrected chi connectivity index (χ2v) is 6.05. The summed E-state index contributed by atoms with van der Waals surface area (Å²) in [5, 5.41) is -0.0697. The molecule has 2 rings (SSSR count). The second kappa shape index (κ2) is 6.17. The van der Waals surface area contributed by atoms with Crippen molar-refractivity contribution >= 4 is 35.0 Å². The third-order valence-electron chi connectivity index (χ3n) is 3.26. The molecule has 0 fully saturated rings. The lowest BCUT2D eigenvalue weighted by molar-refractivity contribution is -0.119. The third-order valence-corrected chi connectivity index (χ3v) is 4.68. The van der Waals surface area contributed by atoms with Crippen LogP contribution in [0.2, 0.25) is 0 Å². The number of amides is 2. The van der Waals surface area contributed by atoms with Gasteiger partial charge < -0.3 is 16.4 Å². The van der Waals surface area contributed by atoms with Gasteiger partial charge in [0.15, 0.2) is 0 Å². The van der Waals surface area contributed by atoms with Crippen molar-refractivity contribution in [3.05, 3.63) is 18.2 Å². The number of nitrogens with two attached hydrogens (primary N) is 2. The molecule has 1 atom stereocenters. The van der Waals surface area contributed by atoms with E-state index in [4.69, 9.17) is 11.5 Å². The average Bonchev–Trinajstić information content (AvgIpc) is 2.41. The van der Waals surface area contributed by atoms with E-state index in [2.05, 4.69) is 0 Å². The molecule has 1 aliphatic rings. The van der Waals surface area contributed by atoms with E-state index in [-0.39, 0.29) is 23.5 Å². The number of thioether (sulfide) groups is 1. The minimum Gasteiger partial charge on any atom is -0.399 e. The lowest BCUT2D eigenvalue weighted by atomic mass is 10.2. The fourth-order valence-corrected chi connectivity index (χ4v) is 3.38. The van der Waals surface area contributed by atoms with Crippen molar-refractivity contribution in [3.63, 3.8) is 0 Å². The zero-order valence-corrected chi connectivity index (χ0v) is 12.3. The first kappa shape index (κ1) is 14.7. The zero-order valence-electron chi connectivity index (χ0n) is 11.5. The topological polar surface area (TPSA) is 89.4 Å². The SMILES string of the molecule is CCC1Sc2ccc(N)cc2N(CCCC(N)=O)C1=O. The number of hydrogen-bond donors (Lipinski definition) is 2. The van der Waals surface area contributed by atoms with Crippen LogP contribution in [0.25, 0.3) is 0 Å². The molecule has 1 aliphatic heterocycles. The molecule has 0 aliphatic carbocycles. The van der Waals surface area contributed by atoms with E-state index in [0.29, 0.717) is 18.7 Å². The van der Waals surface area contributed by atoms with Crippen LogP contribution in [0.4, 0.5) is 11.4 Å². The van der Waals surface area contributed by atoms with Gasteiger partial charge in [-0.15, -0.1) is 11.8 Å². The van der Waals surface area contributed by atoms with Crippen molar-refractivity contribution < 1.29 is 9.59 Å². The van der Waals surface area contributed by atoms with Gasteiger partial charge in [0, 0.05) is 23.5 Å². The van der Waals surface area contributed by atoms with Crippen LogP contribution in [0.5, 0.6) is 0 Å². The van der Waals surface area contributed by atoms with Crippen LogP contribution < -0.4 is 16.4 Å². The summed E-state index contributed by atoms with van der Waals surface area (Å²) in [7, 11) is 0. The minimum absolute atomic E-state index is 0.0697. The maximum atomic E-state index is 12.5. The first-order valence-electron chi connectivity index (χ1n) is 6.68. The largest absolute Gasteiger partial charge is 0.399 e. The molecule has 1 aromatic carbocycles. The molecule has 0 saturated heterocycles. The summed E-state index contributed by atoms with van der Waals surface area (Å²) >= 11 is 1.58. The van der Waals surface area contributed by atoms with Gasteiger partial charge in [0.1, 0.15) is 0 Å². The van der Waals surface area contributed by atoms with Gasteiger partial charge in [-0.25, -0.2) is 0 Å². The van der Waals surface area contributed by atoms with Crippen molar-refractivity contribution in [2.45, 2.75) is 36.3 Å². The summed E-state index contributed by atoms with van der Waals surface area (Å²) in [4.78, 5) is 26.1. The number of nitrogens with zero attached hydrogens (tertiary/aromatic N) is 1. The summed E-state index contributed by atoms with van der Waals surface area (Å²) in [5.41, 5.74) is 12.4. The fourth-order valence-electron chi connectivity index (χ4n) is 2.24. The Bertz CT molecular complexity index is 533. The Hall–Kier alpha value is -1.69. The molecule has 0 spiro atoms. The van der Waals surface area contributed by atoms with Gasteiger partial charge in [-0.05, 0) is 31.0 Å². The van der Waals surface area contributed by atoms with E-state index in [9.17, 15) is 9.59 Å². The van der Waals surface area contributed by atoms with Crippen LogP contribution in [0.3, 0.4) is 0 Å². The molecular formula is C14H19N3O2S. The molecule has 0 radical (unpaired) electrons. The second-order valence-electron chi connectivity index (χ2n) is 4.80. The normalized spacial score (nSPS) is 17.9. The molecule has 20 heavy (non-hydrogen) atoms. The van der Waals surface area contributed by atoms with Gasteiger partial charge in [-0.1, -0.05) is 6.92 Å². The molecule has 108 valence electrons.